The molecule has 43 heavy (non-hydrogen) atoms. The Morgan fingerprint density at radius 2 is 1.49 bits per heavy atom. The molecule has 0 aromatic carbocycles. The van der Waals surface area contributed by atoms with Gasteiger partial charge in [-0.3, -0.25) is 0 Å². The van der Waals surface area contributed by atoms with Crippen molar-refractivity contribution in [2.24, 2.45) is 63.7 Å². The minimum Gasteiger partial charge on any atom is -0.330 e. The molecule has 0 aromatic rings. The van der Waals surface area contributed by atoms with E-state index in [0.717, 1.165) is 106 Å². The third kappa shape index (κ3) is 8.98. The van der Waals surface area contributed by atoms with Crippen molar-refractivity contribution in [3.63, 3.8) is 0 Å². The summed E-state index contributed by atoms with van der Waals surface area (Å²) in [6, 6.07) is 0. The highest BCUT2D eigenvalue weighted by molar-refractivity contribution is 5.09. The molecule has 5 N–H and O–H groups in total. The van der Waals surface area contributed by atoms with Crippen molar-refractivity contribution >= 4 is 0 Å². The van der Waals surface area contributed by atoms with Crippen LogP contribution < -0.4 is 16.8 Å². The Kier molecular flexibility index (Phi) is 14.1. The van der Waals surface area contributed by atoms with E-state index >= 15 is 0 Å². The van der Waals surface area contributed by atoms with Crippen molar-refractivity contribution in [1.82, 2.24) is 10.4 Å². The highest BCUT2D eigenvalue weighted by Crippen LogP contribution is 2.68. The summed E-state index contributed by atoms with van der Waals surface area (Å²) in [4.78, 5) is 12.2. The maximum absolute atomic E-state index is 6.21. The molecule has 0 aromatic heterocycles. The number of rotatable bonds is 19. The van der Waals surface area contributed by atoms with Crippen LogP contribution in [0.3, 0.4) is 0 Å². The summed E-state index contributed by atoms with van der Waals surface area (Å²) in [7, 11) is 0. The minimum absolute atomic E-state index is 0.226. The van der Waals surface area contributed by atoms with Crippen LogP contribution in [0, 0.1) is 52.3 Å². The number of hydrogen-bond donors (Lipinski definition) is 3. The van der Waals surface area contributed by atoms with Gasteiger partial charge in [0, 0.05) is 13.1 Å². The van der Waals surface area contributed by atoms with Crippen LogP contribution in [0.5, 0.6) is 0 Å². The average Bonchev–Trinajstić information content (AvgIpc) is 3.34. The average molecular weight is 605 g/mol. The summed E-state index contributed by atoms with van der Waals surface area (Å²) < 4.78 is 0. The van der Waals surface area contributed by atoms with Crippen LogP contribution >= 0.6 is 0 Å². The molecule has 0 aliphatic heterocycles. The lowest BCUT2D eigenvalue weighted by molar-refractivity contribution is -0.450. The quantitative estimate of drug-likeness (QED) is 0.0795. The Morgan fingerprint density at radius 3 is 2.26 bits per heavy atom. The second-order valence-corrected chi connectivity index (χ2v) is 16.4. The maximum atomic E-state index is 6.21. The smallest absolute Gasteiger partial charge is 0.0953 e. The van der Waals surface area contributed by atoms with E-state index in [1.54, 1.807) is 0 Å². The lowest BCUT2D eigenvalue weighted by Gasteiger charge is -2.61. The molecular formula is C37H72N4O2. The van der Waals surface area contributed by atoms with Gasteiger partial charge in [-0.1, -0.05) is 53.9 Å². The SMILES string of the molecule is CC(C)CCCC(C)C1CCC2C3CCC4CC(OON(CCCN)CCCCNCCCN)CCC4(C)C3CCC12C. The Bertz CT molecular complexity index is 797. The van der Waals surface area contributed by atoms with Crippen molar-refractivity contribution in [1.29, 1.82) is 0 Å². The van der Waals surface area contributed by atoms with Crippen molar-refractivity contribution in [2.75, 3.05) is 39.3 Å². The minimum atomic E-state index is 0.226. The van der Waals surface area contributed by atoms with Crippen LogP contribution in [-0.4, -0.2) is 50.4 Å². The van der Waals surface area contributed by atoms with Gasteiger partial charge in [-0.05, 0) is 162 Å². The molecule has 252 valence electrons. The predicted octanol–water partition coefficient (Wildman–Crippen LogP) is 7.71. The molecule has 6 nitrogen and oxygen atoms in total. The summed E-state index contributed by atoms with van der Waals surface area (Å²) in [5.74, 6) is 6.31. The van der Waals surface area contributed by atoms with Crippen LogP contribution in [0.2, 0.25) is 0 Å². The Hall–Kier alpha value is -0.240. The number of unbranched alkanes of at least 4 members (excludes halogenated alkanes) is 1. The van der Waals surface area contributed by atoms with E-state index in [2.05, 4.69) is 39.9 Å². The lowest BCUT2D eigenvalue weighted by atomic mass is 9.44. The van der Waals surface area contributed by atoms with Gasteiger partial charge in [-0.15, -0.1) is 4.99 Å². The molecule has 4 saturated carbocycles. The molecule has 6 heteroatoms. The monoisotopic (exact) mass is 605 g/mol. The van der Waals surface area contributed by atoms with Crippen LogP contribution in [0.25, 0.3) is 0 Å². The zero-order chi connectivity index (χ0) is 30.9. The molecule has 0 spiro atoms. The van der Waals surface area contributed by atoms with E-state index in [1.165, 1.54) is 70.6 Å². The summed E-state index contributed by atoms with van der Waals surface area (Å²) in [6.07, 6.45) is 21.1. The van der Waals surface area contributed by atoms with Crippen molar-refractivity contribution in [2.45, 2.75) is 143 Å². The molecule has 0 saturated heterocycles. The standard InChI is InChI=1S/C37H72N4O2/c1-28(2)11-8-12-29(3)33-15-16-34-32-14-13-30-27-31(17-19-36(30,4)35(32)18-20-37(33,34)5)42-43-41(26-10-22-39)25-7-6-23-40-24-9-21-38/h28-35,40H,6-27,38-39H2,1-5H3. The van der Waals surface area contributed by atoms with E-state index in [9.17, 15) is 0 Å². The van der Waals surface area contributed by atoms with Crippen LogP contribution in [-0.2, 0) is 9.88 Å². The van der Waals surface area contributed by atoms with Crippen LogP contribution in [0.4, 0.5) is 0 Å². The molecular weight excluding hydrogens is 532 g/mol. The van der Waals surface area contributed by atoms with Gasteiger partial charge in [0.25, 0.3) is 0 Å². The predicted molar refractivity (Wildman–Crippen MR) is 180 cm³/mol. The first-order chi connectivity index (χ1) is 20.7. The fraction of sp³-hybridized carbons (Fsp3) is 1.00. The number of nitrogens with one attached hydrogen (secondary N) is 1. The maximum Gasteiger partial charge on any atom is 0.0953 e. The van der Waals surface area contributed by atoms with Gasteiger partial charge in [-0.2, -0.15) is 5.06 Å². The van der Waals surface area contributed by atoms with Crippen molar-refractivity contribution in [3.8, 4) is 0 Å². The van der Waals surface area contributed by atoms with E-state index in [4.69, 9.17) is 21.3 Å². The Labute approximate surface area is 266 Å². The zero-order valence-electron chi connectivity index (χ0n) is 29.1. The fourth-order valence-corrected chi connectivity index (χ4v) is 10.8. The van der Waals surface area contributed by atoms with Gasteiger partial charge in [0.1, 0.15) is 0 Å². The summed E-state index contributed by atoms with van der Waals surface area (Å²) >= 11 is 0. The summed E-state index contributed by atoms with van der Waals surface area (Å²) in [6.45, 7) is 18.0. The first-order valence-corrected chi connectivity index (χ1v) is 18.9. The second kappa shape index (κ2) is 17.1. The van der Waals surface area contributed by atoms with Gasteiger partial charge in [-0.25, -0.2) is 4.89 Å². The molecule has 0 heterocycles. The number of hydroxylamine groups is 2. The largest absolute Gasteiger partial charge is 0.330 e. The number of fused-ring (bicyclic) bond motifs is 5. The third-order valence-corrected chi connectivity index (χ3v) is 13.3. The second-order valence-electron chi connectivity index (χ2n) is 16.4. The van der Waals surface area contributed by atoms with Gasteiger partial charge >= 0.3 is 0 Å². The molecule has 4 aliphatic carbocycles. The van der Waals surface area contributed by atoms with E-state index in [0.29, 0.717) is 17.4 Å². The van der Waals surface area contributed by atoms with Gasteiger partial charge in [0.05, 0.1) is 6.10 Å². The van der Waals surface area contributed by atoms with Crippen molar-refractivity contribution < 1.29 is 9.88 Å². The molecule has 9 unspecified atom stereocenters. The Morgan fingerprint density at radius 1 is 0.767 bits per heavy atom. The summed E-state index contributed by atoms with van der Waals surface area (Å²) in [5.41, 5.74) is 12.5. The number of hydrogen-bond acceptors (Lipinski definition) is 6. The van der Waals surface area contributed by atoms with E-state index in [1.807, 2.05) is 5.06 Å². The molecule has 4 fully saturated rings. The third-order valence-electron chi connectivity index (χ3n) is 13.3. The van der Waals surface area contributed by atoms with Crippen LogP contribution in [0.15, 0.2) is 0 Å². The van der Waals surface area contributed by atoms with Gasteiger partial charge in [0.15, 0.2) is 0 Å². The zero-order valence-corrected chi connectivity index (χ0v) is 29.1. The molecule has 0 radical (unpaired) electrons. The number of nitrogens with two attached hydrogens (primary N) is 2. The van der Waals surface area contributed by atoms with E-state index in [-0.39, 0.29) is 6.10 Å². The highest BCUT2D eigenvalue weighted by atomic mass is 17.3. The Balaban J connectivity index is 1.26. The lowest BCUT2D eigenvalue weighted by Crippen LogP contribution is -2.54. The molecule has 0 bridgehead atoms. The first-order valence-electron chi connectivity index (χ1n) is 18.9. The fourth-order valence-electron chi connectivity index (χ4n) is 10.8. The first kappa shape index (κ1) is 35.6. The van der Waals surface area contributed by atoms with Gasteiger partial charge in [0.2, 0.25) is 0 Å². The van der Waals surface area contributed by atoms with Gasteiger partial charge < -0.3 is 16.8 Å². The molecule has 4 rings (SSSR count). The topological polar surface area (TPSA) is 85.8 Å². The van der Waals surface area contributed by atoms with E-state index < -0.39 is 0 Å². The highest BCUT2D eigenvalue weighted by Gasteiger charge is 2.60. The molecule has 4 aliphatic rings. The summed E-state index contributed by atoms with van der Waals surface area (Å²) in [5, 5.41) is 5.51. The van der Waals surface area contributed by atoms with Crippen LogP contribution in [0.1, 0.15) is 137 Å². The number of nitrogens with zero attached hydrogens (tertiary/aromatic N) is 1. The van der Waals surface area contributed by atoms with Crippen molar-refractivity contribution in [3.05, 3.63) is 0 Å². The molecule has 0 amide bonds. The molecule has 9 atom stereocenters. The normalized spacial score (nSPS) is 36.5.